The molecule has 0 unspecified atom stereocenters. The van der Waals surface area contributed by atoms with Crippen molar-refractivity contribution < 1.29 is 19.4 Å². The highest BCUT2D eigenvalue weighted by Crippen LogP contribution is 2.24. The molecule has 0 bridgehead atoms. The Morgan fingerprint density at radius 1 is 1.33 bits per heavy atom. The summed E-state index contributed by atoms with van der Waals surface area (Å²) in [5, 5.41) is 12.0. The number of nitrogens with one attached hydrogen (secondary N) is 1. The lowest BCUT2D eigenvalue weighted by molar-refractivity contribution is -0.0566. The minimum atomic E-state index is -0.681. The molecule has 2 saturated heterocycles. The molecule has 0 aliphatic carbocycles. The number of hydrogen-bond acceptors (Lipinski definition) is 7. The van der Waals surface area contributed by atoms with Crippen LogP contribution in [0.15, 0.2) is 12.4 Å². The van der Waals surface area contributed by atoms with Crippen LogP contribution < -0.4 is 11.1 Å². The van der Waals surface area contributed by atoms with Crippen LogP contribution in [0.25, 0.3) is 0 Å². The second-order valence-corrected chi connectivity index (χ2v) is 6.13. The van der Waals surface area contributed by atoms with Crippen LogP contribution in [0.3, 0.4) is 0 Å². The summed E-state index contributed by atoms with van der Waals surface area (Å²) in [7, 11) is 0. The lowest BCUT2D eigenvalue weighted by atomic mass is 10.1. The van der Waals surface area contributed by atoms with Crippen molar-refractivity contribution in [3.63, 3.8) is 0 Å². The third-order valence-corrected chi connectivity index (χ3v) is 4.41. The number of morpholine rings is 1. The van der Waals surface area contributed by atoms with Crippen molar-refractivity contribution in [1.82, 2.24) is 20.2 Å². The first-order valence-electron chi connectivity index (χ1n) is 7.96. The van der Waals surface area contributed by atoms with Crippen LogP contribution in [0.4, 0.5) is 0 Å². The Kier molecular flexibility index (Phi) is 5.03. The largest absolute Gasteiger partial charge is 0.396 e. The molecule has 24 heavy (non-hydrogen) atoms. The van der Waals surface area contributed by atoms with Gasteiger partial charge in [0.2, 0.25) is 0 Å². The van der Waals surface area contributed by atoms with Crippen LogP contribution in [0.1, 0.15) is 33.8 Å². The van der Waals surface area contributed by atoms with Gasteiger partial charge in [-0.15, -0.1) is 0 Å². The van der Waals surface area contributed by atoms with Crippen molar-refractivity contribution in [2.45, 2.75) is 31.0 Å². The van der Waals surface area contributed by atoms with E-state index < -0.39 is 5.91 Å². The Hall–Kier alpha value is -2.10. The van der Waals surface area contributed by atoms with Crippen LogP contribution in [-0.2, 0) is 4.74 Å². The van der Waals surface area contributed by atoms with Gasteiger partial charge >= 0.3 is 0 Å². The molecule has 0 radical (unpaired) electrons. The number of amides is 2. The minimum absolute atomic E-state index is 0.0107. The van der Waals surface area contributed by atoms with Crippen molar-refractivity contribution >= 4 is 11.8 Å². The van der Waals surface area contributed by atoms with Gasteiger partial charge in [0.15, 0.2) is 0 Å². The normalized spacial score (nSPS) is 26.8. The highest BCUT2D eigenvalue weighted by Gasteiger charge is 2.37. The lowest BCUT2D eigenvalue weighted by Gasteiger charge is -2.34. The number of aliphatic hydroxyl groups is 1. The lowest BCUT2D eigenvalue weighted by Crippen LogP contribution is -2.46. The molecule has 2 fully saturated rings. The molecular formula is C15H21N5O4. The summed E-state index contributed by atoms with van der Waals surface area (Å²) < 4.78 is 5.73. The molecule has 9 nitrogen and oxygen atoms in total. The summed E-state index contributed by atoms with van der Waals surface area (Å²) in [5.41, 5.74) is 5.27. The second-order valence-electron chi connectivity index (χ2n) is 6.13. The van der Waals surface area contributed by atoms with Gasteiger partial charge in [-0.25, -0.2) is 9.97 Å². The standard InChI is InChI=1S/C15H21N5O4/c16-14(22)12-4-18-13(5-17-12)15(23)19-9-3-10-8-24-11(1-2-21)7-20(10)6-9/h4-5,9-11,21H,1-3,6-8H2,(H2,16,22)(H,19,23)/t9-,10-,11-/m0/s1. The van der Waals surface area contributed by atoms with Crippen molar-refractivity contribution in [2.24, 2.45) is 5.73 Å². The molecule has 0 spiro atoms. The van der Waals surface area contributed by atoms with Crippen molar-refractivity contribution in [1.29, 1.82) is 0 Å². The predicted octanol–water partition coefficient (Wildman–Crippen LogP) is -1.47. The van der Waals surface area contributed by atoms with E-state index in [0.717, 1.165) is 19.5 Å². The van der Waals surface area contributed by atoms with E-state index in [2.05, 4.69) is 20.2 Å². The SMILES string of the molecule is NC(=O)c1cnc(C(=O)N[C@H]2C[C@H]3CO[C@@H](CCO)CN3C2)cn1. The first kappa shape index (κ1) is 16.7. The summed E-state index contributed by atoms with van der Waals surface area (Å²) in [6, 6.07) is 0.296. The van der Waals surface area contributed by atoms with E-state index >= 15 is 0 Å². The van der Waals surface area contributed by atoms with E-state index in [1.54, 1.807) is 0 Å². The molecule has 2 aliphatic heterocycles. The van der Waals surface area contributed by atoms with Gasteiger partial charge in [-0.3, -0.25) is 14.5 Å². The summed E-state index contributed by atoms with van der Waals surface area (Å²) in [5.74, 6) is -1.00. The number of primary amides is 1. The summed E-state index contributed by atoms with van der Waals surface area (Å²) in [6.45, 7) is 2.24. The maximum atomic E-state index is 12.2. The number of ether oxygens (including phenoxy) is 1. The molecule has 4 N–H and O–H groups in total. The Labute approximate surface area is 139 Å². The zero-order valence-electron chi connectivity index (χ0n) is 13.2. The Morgan fingerprint density at radius 2 is 2.08 bits per heavy atom. The van der Waals surface area contributed by atoms with Crippen molar-refractivity contribution in [3.05, 3.63) is 23.8 Å². The first-order valence-corrected chi connectivity index (χ1v) is 7.96. The smallest absolute Gasteiger partial charge is 0.271 e. The second kappa shape index (κ2) is 7.20. The average molecular weight is 335 g/mol. The molecule has 3 rings (SSSR count). The topological polar surface area (TPSA) is 131 Å². The number of carbonyl (C=O) groups is 2. The molecule has 2 amide bonds. The molecule has 130 valence electrons. The van der Waals surface area contributed by atoms with Crippen molar-refractivity contribution in [3.8, 4) is 0 Å². The van der Waals surface area contributed by atoms with E-state index in [9.17, 15) is 9.59 Å². The zero-order chi connectivity index (χ0) is 17.1. The molecule has 3 atom stereocenters. The maximum absolute atomic E-state index is 12.2. The van der Waals surface area contributed by atoms with Gasteiger partial charge in [-0.2, -0.15) is 0 Å². The van der Waals surface area contributed by atoms with Crippen LogP contribution in [0.5, 0.6) is 0 Å². The number of nitrogens with two attached hydrogens (primary N) is 1. The fourth-order valence-corrected chi connectivity index (χ4v) is 3.20. The number of aliphatic hydroxyl groups excluding tert-OH is 1. The van der Waals surface area contributed by atoms with E-state index in [4.69, 9.17) is 15.6 Å². The number of nitrogens with zero attached hydrogens (tertiary/aromatic N) is 3. The number of fused-ring (bicyclic) bond motifs is 1. The molecule has 0 saturated carbocycles. The Bertz CT molecular complexity index is 608. The minimum Gasteiger partial charge on any atom is -0.396 e. The van der Waals surface area contributed by atoms with Gasteiger partial charge in [0.25, 0.3) is 11.8 Å². The van der Waals surface area contributed by atoms with Gasteiger partial charge < -0.3 is 20.9 Å². The van der Waals surface area contributed by atoms with Gasteiger partial charge in [0, 0.05) is 31.8 Å². The highest BCUT2D eigenvalue weighted by atomic mass is 16.5. The molecule has 1 aromatic heterocycles. The van der Waals surface area contributed by atoms with Gasteiger partial charge in [-0.1, -0.05) is 0 Å². The fraction of sp³-hybridized carbons (Fsp3) is 0.600. The Balaban J connectivity index is 1.55. The monoisotopic (exact) mass is 335 g/mol. The van der Waals surface area contributed by atoms with Gasteiger partial charge in [-0.05, 0) is 12.8 Å². The zero-order valence-corrected chi connectivity index (χ0v) is 13.2. The quantitative estimate of drug-likeness (QED) is 0.599. The van der Waals surface area contributed by atoms with Gasteiger partial charge in [0.05, 0.1) is 25.1 Å². The van der Waals surface area contributed by atoms with E-state index in [0.29, 0.717) is 13.0 Å². The predicted molar refractivity (Wildman–Crippen MR) is 83.2 cm³/mol. The van der Waals surface area contributed by atoms with Crippen molar-refractivity contribution in [2.75, 3.05) is 26.3 Å². The fourth-order valence-electron chi connectivity index (χ4n) is 3.20. The van der Waals surface area contributed by atoms with E-state index in [-0.39, 0.29) is 42.1 Å². The van der Waals surface area contributed by atoms with Crippen LogP contribution >= 0.6 is 0 Å². The summed E-state index contributed by atoms with van der Waals surface area (Å²) in [6.07, 6.45) is 3.93. The average Bonchev–Trinajstić information content (AvgIpc) is 2.96. The van der Waals surface area contributed by atoms with Crippen LogP contribution in [-0.4, -0.2) is 76.3 Å². The number of rotatable bonds is 5. The van der Waals surface area contributed by atoms with Crippen LogP contribution in [0.2, 0.25) is 0 Å². The molecule has 3 heterocycles. The molecule has 9 heteroatoms. The Morgan fingerprint density at radius 3 is 2.75 bits per heavy atom. The summed E-state index contributed by atoms with van der Waals surface area (Å²) in [4.78, 5) is 33.2. The van der Waals surface area contributed by atoms with E-state index in [1.807, 2.05) is 0 Å². The molecule has 2 aliphatic rings. The molecular weight excluding hydrogens is 314 g/mol. The third kappa shape index (κ3) is 3.69. The summed E-state index contributed by atoms with van der Waals surface area (Å²) >= 11 is 0. The first-order chi connectivity index (χ1) is 11.6. The third-order valence-electron chi connectivity index (χ3n) is 4.41. The molecule has 1 aromatic rings. The van der Waals surface area contributed by atoms with Crippen LogP contribution in [0, 0.1) is 0 Å². The highest BCUT2D eigenvalue weighted by molar-refractivity contribution is 5.93. The number of carbonyl (C=O) groups excluding carboxylic acids is 2. The van der Waals surface area contributed by atoms with Gasteiger partial charge in [0.1, 0.15) is 11.4 Å². The number of hydrogen-bond donors (Lipinski definition) is 3. The molecule has 0 aromatic carbocycles. The maximum Gasteiger partial charge on any atom is 0.271 e. The number of aromatic nitrogens is 2. The van der Waals surface area contributed by atoms with E-state index in [1.165, 1.54) is 12.4 Å².